The zero-order valence-corrected chi connectivity index (χ0v) is 19.4. The lowest BCUT2D eigenvalue weighted by Gasteiger charge is -2.17. The number of fused-ring (bicyclic) bond motifs is 1. The van der Waals surface area contributed by atoms with Gasteiger partial charge in [-0.25, -0.2) is 14.4 Å². The minimum atomic E-state index is -0.467. The largest absolute Gasteiger partial charge is 0.309 e. The molecule has 1 N–H and O–H groups in total. The SMILES string of the molecule is Cc1cc(C)nc(-n2nc(-c3ccc(Cl)cc3)c3c2NC(=O)CS[C@@H]3c2ccccc2F)n1. The molecule has 33 heavy (non-hydrogen) atoms. The van der Waals surface area contributed by atoms with E-state index in [0.29, 0.717) is 33.6 Å². The Balaban J connectivity index is 1.82. The van der Waals surface area contributed by atoms with Crippen LogP contribution in [-0.4, -0.2) is 31.4 Å². The van der Waals surface area contributed by atoms with Gasteiger partial charge in [-0.1, -0.05) is 41.9 Å². The molecule has 0 bridgehead atoms. The van der Waals surface area contributed by atoms with Crippen molar-refractivity contribution in [3.63, 3.8) is 0 Å². The summed E-state index contributed by atoms with van der Waals surface area (Å²) in [5.74, 6) is 0.402. The van der Waals surface area contributed by atoms with E-state index in [1.807, 2.05) is 32.0 Å². The summed E-state index contributed by atoms with van der Waals surface area (Å²) >= 11 is 7.47. The first-order valence-electron chi connectivity index (χ1n) is 10.3. The Hall–Kier alpha value is -3.23. The number of aryl methyl sites for hydroxylation is 2. The highest BCUT2D eigenvalue weighted by molar-refractivity contribution is 8.00. The Morgan fingerprint density at radius 1 is 1.09 bits per heavy atom. The second kappa shape index (κ2) is 8.61. The average molecular weight is 480 g/mol. The molecule has 1 atom stereocenters. The molecule has 0 aliphatic carbocycles. The van der Waals surface area contributed by atoms with Crippen molar-refractivity contribution in [2.45, 2.75) is 19.1 Å². The van der Waals surface area contributed by atoms with E-state index in [0.717, 1.165) is 17.0 Å². The van der Waals surface area contributed by atoms with Gasteiger partial charge in [0.1, 0.15) is 11.6 Å². The Kier molecular flexibility index (Phi) is 5.64. The van der Waals surface area contributed by atoms with E-state index in [1.54, 1.807) is 30.3 Å². The van der Waals surface area contributed by atoms with Crippen LogP contribution in [0.3, 0.4) is 0 Å². The van der Waals surface area contributed by atoms with Gasteiger partial charge in [-0.05, 0) is 38.1 Å². The van der Waals surface area contributed by atoms with E-state index in [9.17, 15) is 9.18 Å². The number of hydrogen-bond acceptors (Lipinski definition) is 5. The van der Waals surface area contributed by atoms with Crippen LogP contribution in [0.4, 0.5) is 10.2 Å². The van der Waals surface area contributed by atoms with Crippen LogP contribution in [0.1, 0.15) is 27.8 Å². The van der Waals surface area contributed by atoms with Crippen molar-refractivity contribution in [2.75, 3.05) is 11.1 Å². The second-order valence-corrected chi connectivity index (χ2v) is 9.27. The van der Waals surface area contributed by atoms with Gasteiger partial charge in [0, 0.05) is 33.1 Å². The predicted molar refractivity (Wildman–Crippen MR) is 128 cm³/mol. The number of thioether (sulfide) groups is 1. The van der Waals surface area contributed by atoms with Gasteiger partial charge in [-0.2, -0.15) is 9.78 Å². The molecule has 1 amide bonds. The highest BCUT2D eigenvalue weighted by Crippen LogP contribution is 2.47. The summed E-state index contributed by atoms with van der Waals surface area (Å²) in [7, 11) is 0. The molecule has 6 nitrogen and oxygen atoms in total. The number of nitrogens with one attached hydrogen (secondary N) is 1. The summed E-state index contributed by atoms with van der Waals surface area (Å²) < 4.78 is 16.5. The fourth-order valence-corrected chi connectivity index (χ4v) is 5.19. The molecule has 2 aromatic heterocycles. The number of carbonyl (C=O) groups excluding carboxylic acids is 1. The Bertz CT molecular complexity index is 1350. The molecule has 0 fully saturated rings. The van der Waals surface area contributed by atoms with E-state index >= 15 is 0 Å². The summed E-state index contributed by atoms with van der Waals surface area (Å²) in [6, 6.07) is 15.7. The van der Waals surface area contributed by atoms with Gasteiger partial charge < -0.3 is 5.32 Å². The molecular formula is C24H19ClFN5OS. The highest BCUT2D eigenvalue weighted by atomic mass is 35.5. The van der Waals surface area contributed by atoms with Crippen molar-refractivity contribution in [2.24, 2.45) is 0 Å². The summed E-state index contributed by atoms with van der Waals surface area (Å²) in [6.45, 7) is 3.74. The molecule has 3 heterocycles. The maximum atomic E-state index is 14.9. The third-order valence-corrected chi connectivity index (χ3v) is 6.79. The standard InChI is InChI=1S/C24H19ClFN5OS/c1-13-11-14(2)28-24(27-13)31-23-20(21(30-31)15-7-9-16(25)10-8-15)22(33-12-19(32)29-23)17-5-3-4-6-18(17)26/h3-11,22H,12H2,1-2H3,(H,29,32)/t22-/m1/s1. The number of nitrogens with zero attached hydrogens (tertiary/aromatic N) is 4. The predicted octanol–water partition coefficient (Wildman–Crippen LogP) is 5.51. The maximum absolute atomic E-state index is 14.9. The fourth-order valence-electron chi connectivity index (χ4n) is 3.91. The van der Waals surface area contributed by atoms with E-state index in [-0.39, 0.29) is 17.5 Å². The zero-order chi connectivity index (χ0) is 23.1. The monoisotopic (exact) mass is 479 g/mol. The number of hydrogen-bond donors (Lipinski definition) is 1. The molecule has 166 valence electrons. The van der Waals surface area contributed by atoms with Gasteiger partial charge in [0.05, 0.1) is 16.7 Å². The molecule has 0 radical (unpaired) electrons. The topological polar surface area (TPSA) is 72.7 Å². The first kappa shape index (κ1) is 21.6. The molecule has 0 spiro atoms. The van der Waals surface area contributed by atoms with Crippen molar-refractivity contribution in [1.29, 1.82) is 0 Å². The van der Waals surface area contributed by atoms with Gasteiger partial charge in [-0.15, -0.1) is 11.8 Å². The van der Waals surface area contributed by atoms with E-state index in [1.165, 1.54) is 22.5 Å². The number of carbonyl (C=O) groups is 1. The minimum Gasteiger partial charge on any atom is -0.309 e. The highest BCUT2D eigenvalue weighted by Gasteiger charge is 2.34. The summed E-state index contributed by atoms with van der Waals surface area (Å²) in [4.78, 5) is 21.8. The van der Waals surface area contributed by atoms with Crippen molar-refractivity contribution in [3.8, 4) is 17.2 Å². The lowest BCUT2D eigenvalue weighted by atomic mass is 9.99. The van der Waals surface area contributed by atoms with Crippen LogP contribution >= 0.6 is 23.4 Å². The van der Waals surface area contributed by atoms with E-state index in [2.05, 4.69) is 15.3 Å². The molecule has 5 rings (SSSR count). The second-order valence-electron chi connectivity index (χ2n) is 7.74. The number of halogens is 2. The number of anilines is 1. The van der Waals surface area contributed by atoms with Gasteiger partial charge in [0.15, 0.2) is 0 Å². The lowest BCUT2D eigenvalue weighted by molar-refractivity contribution is -0.113. The van der Waals surface area contributed by atoms with Crippen LogP contribution in [0, 0.1) is 19.7 Å². The van der Waals surface area contributed by atoms with Gasteiger partial charge in [-0.3, -0.25) is 4.79 Å². The quantitative estimate of drug-likeness (QED) is 0.419. The lowest BCUT2D eigenvalue weighted by Crippen LogP contribution is -2.17. The molecule has 2 aromatic carbocycles. The average Bonchev–Trinajstić information content (AvgIpc) is 3.05. The van der Waals surface area contributed by atoms with Gasteiger partial charge in [0.25, 0.3) is 5.95 Å². The third kappa shape index (κ3) is 4.12. The van der Waals surface area contributed by atoms with Crippen LogP contribution in [0.25, 0.3) is 17.2 Å². The van der Waals surface area contributed by atoms with Crippen molar-refractivity contribution in [1.82, 2.24) is 19.7 Å². The number of amides is 1. The van der Waals surface area contributed by atoms with Crippen molar-refractivity contribution >= 4 is 35.1 Å². The van der Waals surface area contributed by atoms with Crippen molar-refractivity contribution in [3.05, 3.63) is 88.0 Å². The molecule has 9 heteroatoms. The normalized spacial score (nSPS) is 15.6. The van der Waals surface area contributed by atoms with Gasteiger partial charge >= 0.3 is 0 Å². The van der Waals surface area contributed by atoms with Crippen LogP contribution in [0.15, 0.2) is 54.6 Å². The molecule has 4 aromatic rings. The first-order chi connectivity index (χ1) is 15.9. The molecule has 1 aliphatic rings. The number of aromatic nitrogens is 4. The zero-order valence-electron chi connectivity index (χ0n) is 17.8. The van der Waals surface area contributed by atoms with Crippen LogP contribution in [0.2, 0.25) is 5.02 Å². The number of rotatable bonds is 3. The van der Waals surface area contributed by atoms with Crippen LogP contribution < -0.4 is 5.32 Å². The van der Waals surface area contributed by atoms with Crippen LogP contribution in [0.5, 0.6) is 0 Å². The van der Waals surface area contributed by atoms with Gasteiger partial charge in [0.2, 0.25) is 5.91 Å². The van der Waals surface area contributed by atoms with E-state index < -0.39 is 5.25 Å². The summed E-state index contributed by atoms with van der Waals surface area (Å²) in [5.41, 5.74) is 4.12. The molecule has 1 aliphatic heterocycles. The molecule has 0 saturated carbocycles. The Morgan fingerprint density at radius 2 is 1.79 bits per heavy atom. The first-order valence-corrected chi connectivity index (χ1v) is 11.7. The summed E-state index contributed by atoms with van der Waals surface area (Å²) in [6.07, 6.45) is 0. The minimum absolute atomic E-state index is 0.168. The molecule has 0 saturated heterocycles. The Morgan fingerprint density at radius 3 is 2.48 bits per heavy atom. The van der Waals surface area contributed by atoms with Crippen molar-refractivity contribution < 1.29 is 9.18 Å². The molecular weight excluding hydrogens is 461 g/mol. The maximum Gasteiger partial charge on any atom is 0.252 e. The molecule has 0 unspecified atom stereocenters. The smallest absolute Gasteiger partial charge is 0.252 e. The van der Waals surface area contributed by atoms with Crippen LogP contribution in [-0.2, 0) is 4.79 Å². The number of benzene rings is 2. The van der Waals surface area contributed by atoms with E-state index in [4.69, 9.17) is 16.7 Å². The fraction of sp³-hybridized carbons (Fsp3) is 0.167. The third-order valence-electron chi connectivity index (χ3n) is 5.29. The summed E-state index contributed by atoms with van der Waals surface area (Å²) in [5, 5.41) is 7.91. The Labute approximate surface area is 199 Å².